The van der Waals surface area contributed by atoms with Crippen molar-refractivity contribution in [1.29, 1.82) is 0 Å². The van der Waals surface area contributed by atoms with Gasteiger partial charge in [-0.3, -0.25) is 4.79 Å². The maximum absolute atomic E-state index is 11.9. The van der Waals surface area contributed by atoms with Crippen LogP contribution in [0.3, 0.4) is 0 Å². The van der Waals surface area contributed by atoms with Crippen LogP contribution in [0.2, 0.25) is 0 Å². The number of carbonyl (C=O) groups excluding carboxylic acids is 1. The fourth-order valence-corrected chi connectivity index (χ4v) is 1.87. The lowest BCUT2D eigenvalue weighted by molar-refractivity contribution is -0.0327. The van der Waals surface area contributed by atoms with Gasteiger partial charge in [0.1, 0.15) is 5.75 Å². The van der Waals surface area contributed by atoms with Crippen LogP contribution in [0.25, 0.3) is 0 Å². The maximum Gasteiger partial charge on any atom is 0.441 e. The van der Waals surface area contributed by atoms with Gasteiger partial charge in [-0.1, -0.05) is 0 Å². The molecule has 0 aliphatic rings. The molecule has 1 rings (SSSR count). The number of thioether (sulfide) groups is 1. The number of nitrogen functional groups attached to an aromatic ring is 1. The first kappa shape index (κ1) is 16.5. The van der Waals surface area contributed by atoms with Crippen molar-refractivity contribution in [3.63, 3.8) is 0 Å². The van der Waals surface area contributed by atoms with Gasteiger partial charge in [-0.05, 0) is 30.8 Å². The number of alkyl halides is 3. The highest BCUT2D eigenvalue weighted by atomic mass is 32.2. The fourth-order valence-electron chi connectivity index (χ4n) is 1.44. The van der Waals surface area contributed by atoms with E-state index in [0.29, 0.717) is 18.0 Å². The zero-order valence-corrected chi connectivity index (χ0v) is 11.6. The molecule has 0 unspecified atom stereocenters. The minimum atomic E-state index is -4.29. The number of nitrogens with two attached hydrogens (primary N) is 1. The molecule has 0 spiro atoms. The minimum absolute atomic E-state index is 0.0816. The van der Waals surface area contributed by atoms with Crippen LogP contribution in [0.1, 0.15) is 17.3 Å². The van der Waals surface area contributed by atoms with Gasteiger partial charge < -0.3 is 15.8 Å². The standard InChI is InChI=1S/C12H15F3N2O2S/c1-2-19-10-6-8(5-9(16)7-10)11(18)17-3-4-20-12(13,14)15/h5-7H,2-4,16H2,1H3,(H,17,18). The van der Waals surface area contributed by atoms with Crippen molar-refractivity contribution in [2.24, 2.45) is 0 Å². The zero-order valence-electron chi connectivity index (χ0n) is 10.8. The first-order chi connectivity index (χ1) is 9.31. The van der Waals surface area contributed by atoms with E-state index in [9.17, 15) is 18.0 Å². The van der Waals surface area contributed by atoms with Crippen LogP contribution in [0.4, 0.5) is 18.9 Å². The van der Waals surface area contributed by atoms with Crippen LogP contribution in [-0.2, 0) is 0 Å². The van der Waals surface area contributed by atoms with Crippen LogP contribution in [0, 0.1) is 0 Å². The topological polar surface area (TPSA) is 64.3 Å². The summed E-state index contributed by atoms with van der Waals surface area (Å²) in [6.45, 7) is 2.13. The summed E-state index contributed by atoms with van der Waals surface area (Å²) >= 11 is -0.179. The molecule has 3 N–H and O–H groups in total. The Balaban J connectivity index is 2.55. The SMILES string of the molecule is CCOc1cc(N)cc(C(=O)NCCSC(F)(F)F)c1. The fraction of sp³-hybridized carbons (Fsp3) is 0.417. The number of ether oxygens (including phenoxy) is 1. The zero-order chi connectivity index (χ0) is 15.2. The van der Waals surface area contributed by atoms with Gasteiger partial charge in [0.2, 0.25) is 0 Å². The minimum Gasteiger partial charge on any atom is -0.494 e. The first-order valence-corrected chi connectivity index (χ1v) is 6.82. The highest BCUT2D eigenvalue weighted by molar-refractivity contribution is 8.00. The van der Waals surface area contributed by atoms with E-state index in [1.165, 1.54) is 12.1 Å². The molecular formula is C12H15F3N2O2S. The molecule has 0 saturated carbocycles. The van der Waals surface area contributed by atoms with E-state index >= 15 is 0 Å². The lowest BCUT2D eigenvalue weighted by Gasteiger charge is -2.09. The van der Waals surface area contributed by atoms with E-state index in [1.54, 1.807) is 13.0 Å². The highest BCUT2D eigenvalue weighted by Crippen LogP contribution is 2.29. The average Bonchev–Trinajstić information content (AvgIpc) is 2.33. The summed E-state index contributed by atoms with van der Waals surface area (Å²) in [6.07, 6.45) is 0. The van der Waals surface area contributed by atoms with E-state index in [2.05, 4.69) is 5.32 Å². The molecular weight excluding hydrogens is 293 g/mol. The number of carbonyl (C=O) groups is 1. The molecule has 0 aliphatic heterocycles. The Bertz CT molecular complexity index is 467. The largest absolute Gasteiger partial charge is 0.494 e. The monoisotopic (exact) mass is 308 g/mol. The molecule has 20 heavy (non-hydrogen) atoms. The van der Waals surface area contributed by atoms with Gasteiger partial charge in [0.15, 0.2) is 0 Å². The third-order valence-corrected chi connectivity index (χ3v) is 2.89. The van der Waals surface area contributed by atoms with E-state index in [1.807, 2.05) is 0 Å². The van der Waals surface area contributed by atoms with E-state index in [0.717, 1.165) is 0 Å². The highest BCUT2D eigenvalue weighted by Gasteiger charge is 2.27. The van der Waals surface area contributed by atoms with Crippen molar-refractivity contribution >= 4 is 23.4 Å². The summed E-state index contributed by atoms with van der Waals surface area (Å²) in [5.74, 6) is -0.279. The molecule has 0 atom stereocenters. The van der Waals surface area contributed by atoms with E-state index in [-0.39, 0.29) is 29.6 Å². The summed E-state index contributed by atoms with van der Waals surface area (Å²) in [4.78, 5) is 11.8. The smallest absolute Gasteiger partial charge is 0.441 e. The van der Waals surface area contributed by atoms with Crippen molar-refractivity contribution in [2.75, 3.05) is 24.6 Å². The van der Waals surface area contributed by atoms with Gasteiger partial charge in [0, 0.05) is 29.6 Å². The Morgan fingerprint density at radius 1 is 1.40 bits per heavy atom. The lowest BCUT2D eigenvalue weighted by atomic mass is 10.2. The Morgan fingerprint density at radius 2 is 2.10 bits per heavy atom. The second kappa shape index (κ2) is 7.28. The summed E-state index contributed by atoms with van der Waals surface area (Å²) < 4.78 is 41.0. The second-order valence-electron chi connectivity index (χ2n) is 3.77. The molecule has 0 heterocycles. The summed E-state index contributed by atoms with van der Waals surface area (Å²) in [6, 6.07) is 4.50. The van der Waals surface area contributed by atoms with E-state index < -0.39 is 11.4 Å². The van der Waals surface area contributed by atoms with Crippen molar-refractivity contribution in [3.05, 3.63) is 23.8 Å². The molecule has 0 saturated heterocycles. The molecule has 112 valence electrons. The number of hydrogen-bond acceptors (Lipinski definition) is 4. The van der Waals surface area contributed by atoms with Crippen molar-refractivity contribution in [2.45, 2.75) is 12.4 Å². The van der Waals surface area contributed by atoms with Gasteiger partial charge >= 0.3 is 5.51 Å². The Hall–Kier alpha value is -1.57. The van der Waals surface area contributed by atoms with Gasteiger partial charge in [0.05, 0.1) is 6.61 Å². The molecule has 0 aliphatic carbocycles. The van der Waals surface area contributed by atoms with Crippen LogP contribution >= 0.6 is 11.8 Å². The van der Waals surface area contributed by atoms with E-state index in [4.69, 9.17) is 10.5 Å². The summed E-state index contributed by atoms with van der Waals surface area (Å²) in [5, 5.41) is 2.40. The van der Waals surface area contributed by atoms with Crippen LogP contribution in [0.15, 0.2) is 18.2 Å². The predicted molar refractivity (Wildman–Crippen MR) is 72.9 cm³/mol. The maximum atomic E-state index is 11.9. The van der Waals surface area contributed by atoms with Gasteiger partial charge in [0.25, 0.3) is 5.91 Å². The quantitative estimate of drug-likeness (QED) is 0.626. The Morgan fingerprint density at radius 3 is 2.70 bits per heavy atom. The van der Waals surface area contributed by atoms with Gasteiger partial charge in [-0.2, -0.15) is 13.2 Å². The number of hydrogen-bond donors (Lipinski definition) is 2. The lowest BCUT2D eigenvalue weighted by Crippen LogP contribution is -2.26. The van der Waals surface area contributed by atoms with Crippen LogP contribution < -0.4 is 15.8 Å². The first-order valence-electron chi connectivity index (χ1n) is 5.84. The predicted octanol–water partition coefficient (Wildman–Crippen LogP) is 2.65. The van der Waals surface area contributed by atoms with Crippen molar-refractivity contribution in [3.8, 4) is 5.75 Å². The molecule has 0 aromatic heterocycles. The molecule has 1 amide bonds. The molecule has 0 bridgehead atoms. The Labute approximate surface area is 118 Å². The number of rotatable bonds is 6. The average molecular weight is 308 g/mol. The number of anilines is 1. The molecule has 0 radical (unpaired) electrons. The Kier molecular flexibility index (Phi) is 6.00. The third kappa shape index (κ3) is 6.05. The normalized spacial score (nSPS) is 11.2. The van der Waals surface area contributed by atoms with Crippen LogP contribution in [-0.4, -0.2) is 30.3 Å². The molecule has 0 fully saturated rings. The molecule has 1 aromatic rings. The number of nitrogens with one attached hydrogen (secondary N) is 1. The van der Waals surface area contributed by atoms with Crippen molar-refractivity contribution < 1.29 is 22.7 Å². The summed E-state index contributed by atoms with van der Waals surface area (Å²) in [7, 11) is 0. The van der Waals surface area contributed by atoms with Crippen LogP contribution in [0.5, 0.6) is 5.75 Å². The molecule has 4 nitrogen and oxygen atoms in total. The third-order valence-electron chi connectivity index (χ3n) is 2.16. The second-order valence-corrected chi connectivity index (χ2v) is 4.93. The van der Waals surface area contributed by atoms with Crippen molar-refractivity contribution in [1.82, 2.24) is 5.32 Å². The number of benzene rings is 1. The van der Waals surface area contributed by atoms with Gasteiger partial charge in [-0.15, -0.1) is 0 Å². The molecule has 1 aromatic carbocycles. The summed E-state index contributed by atoms with van der Waals surface area (Å²) in [5.41, 5.74) is 1.95. The number of halogens is 3. The van der Waals surface area contributed by atoms with Gasteiger partial charge in [-0.25, -0.2) is 0 Å². The molecule has 8 heteroatoms. The number of amides is 1.